The summed E-state index contributed by atoms with van der Waals surface area (Å²) >= 11 is 0. The maximum atomic E-state index is 12.1. The number of piperazine rings is 1. The second-order valence-electron chi connectivity index (χ2n) is 5.12. The van der Waals surface area contributed by atoms with Crippen molar-refractivity contribution in [1.82, 2.24) is 9.80 Å². The van der Waals surface area contributed by atoms with Crippen molar-refractivity contribution in [1.29, 1.82) is 0 Å². The van der Waals surface area contributed by atoms with E-state index in [9.17, 15) is 9.59 Å². The first kappa shape index (κ1) is 12.4. The minimum absolute atomic E-state index is 0.000972. The lowest BCUT2D eigenvalue weighted by Gasteiger charge is -2.38. The van der Waals surface area contributed by atoms with Crippen LogP contribution in [0, 0.1) is 5.92 Å². The van der Waals surface area contributed by atoms with Gasteiger partial charge in [0, 0.05) is 31.6 Å². The van der Waals surface area contributed by atoms with Crippen molar-refractivity contribution in [3.8, 4) is 0 Å². The Kier molecular flexibility index (Phi) is 3.66. The Labute approximate surface area is 101 Å². The predicted octanol–water partition coefficient (Wildman–Crippen LogP) is 0.404. The van der Waals surface area contributed by atoms with Gasteiger partial charge in [-0.1, -0.05) is 6.92 Å². The summed E-state index contributed by atoms with van der Waals surface area (Å²) < 4.78 is 0. The maximum Gasteiger partial charge on any atom is 0.304 e. The Morgan fingerprint density at radius 2 is 2.12 bits per heavy atom. The highest BCUT2D eigenvalue weighted by Crippen LogP contribution is 2.22. The van der Waals surface area contributed by atoms with Crippen LogP contribution in [0.3, 0.4) is 0 Å². The molecular formula is C12H20N2O3. The fourth-order valence-corrected chi connectivity index (χ4v) is 2.85. The van der Waals surface area contributed by atoms with Crippen LogP contribution in [-0.2, 0) is 9.59 Å². The topological polar surface area (TPSA) is 60.9 Å². The lowest BCUT2D eigenvalue weighted by atomic mass is 10.0. The van der Waals surface area contributed by atoms with Crippen LogP contribution in [0.4, 0.5) is 0 Å². The highest BCUT2D eigenvalue weighted by Gasteiger charge is 2.33. The summed E-state index contributed by atoms with van der Waals surface area (Å²) in [4.78, 5) is 27.0. The summed E-state index contributed by atoms with van der Waals surface area (Å²) in [6.45, 7) is 5.33. The van der Waals surface area contributed by atoms with E-state index in [-0.39, 0.29) is 12.3 Å². The molecule has 96 valence electrons. The molecule has 0 spiro atoms. The van der Waals surface area contributed by atoms with Gasteiger partial charge in [0.25, 0.3) is 0 Å². The van der Waals surface area contributed by atoms with Gasteiger partial charge in [0.2, 0.25) is 5.91 Å². The van der Waals surface area contributed by atoms with Crippen molar-refractivity contribution >= 4 is 11.9 Å². The summed E-state index contributed by atoms with van der Waals surface area (Å²) in [7, 11) is 0. The molecule has 2 aliphatic heterocycles. The van der Waals surface area contributed by atoms with E-state index < -0.39 is 11.9 Å². The van der Waals surface area contributed by atoms with E-state index in [2.05, 4.69) is 4.90 Å². The summed E-state index contributed by atoms with van der Waals surface area (Å²) in [5, 5.41) is 8.70. The van der Waals surface area contributed by atoms with Gasteiger partial charge in [-0.05, 0) is 19.4 Å². The second-order valence-corrected chi connectivity index (χ2v) is 5.12. The van der Waals surface area contributed by atoms with Crippen molar-refractivity contribution in [2.75, 3.05) is 26.2 Å². The molecule has 0 saturated carbocycles. The summed E-state index contributed by atoms with van der Waals surface area (Å²) in [6.07, 6.45) is 2.32. The number of rotatable bonds is 3. The first-order chi connectivity index (χ1) is 8.08. The van der Waals surface area contributed by atoms with E-state index in [1.165, 1.54) is 6.42 Å². The molecule has 0 aromatic rings. The number of carboxylic acids is 1. The van der Waals surface area contributed by atoms with Crippen LogP contribution in [-0.4, -0.2) is 59.0 Å². The molecule has 0 bridgehead atoms. The number of aliphatic carboxylic acids is 1. The molecule has 2 fully saturated rings. The Hall–Kier alpha value is -1.10. The van der Waals surface area contributed by atoms with Crippen LogP contribution in [0.1, 0.15) is 26.2 Å². The number of nitrogens with zero attached hydrogens (tertiary/aromatic N) is 2. The molecule has 2 saturated heterocycles. The van der Waals surface area contributed by atoms with Crippen molar-refractivity contribution in [3.63, 3.8) is 0 Å². The third kappa shape index (κ3) is 2.77. The molecule has 5 nitrogen and oxygen atoms in total. The van der Waals surface area contributed by atoms with Gasteiger partial charge >= 0.3 is 5.97 Å². The van der Waals surface area contributed by atoms with Crippen molar-refractivity contribution in [2.45, 2.75) is 32.2 Å². The Morgan fingerprint density at radius 1 is 1.35 bits per heavy atom. The molecule has 0 aromatic heterocycles. The van der Waals surface area contributed by atoms with Crippen LogP contribution < -0.4 is 0 Å². The van der Waals surface area contributed by atoms with E-state index in [0.717, 1.165) is 32.6 Å². The minimum atomic E-state index is -0.898. The van der Waals surface area contributed by atoms with E-state index in [1.54, 1.807) is 6.92 Å². The molecule has 2 heterocycles. The van der Waals surface area contributed by atoms with Gasteiger partial charge < -0.3 is 10.0 Å². The molecule has 1 amide bonds. The van der Waals surface area contributed by atoms with Crippen LogP contribution in [0.15, 0.2) is 0 Å². The number of carbonyl (C=O) groups excluding carboxylic acids is 1. The predicted molar refractivity (Wildman–Crippen MR) is 62.6 cm³/mol. The van der Waals surface area contributed by atoms with Gasteiger partial charge in [-0.3, -0.25) is 14.5 Å². The molecule has 17 heavy (non-hydrogen) atoms. The number of carboxylic acid groups (broad SMARTS) is 1. The average Bonchev–Trinajstić information content (AvgIpc) is 2.73. The molecule has 1 N–H and O–H groups in total. The van der Waals surface area contributed by atoms with Gasteiger partial charge in [-0.2, -0.15) is 0 Å². The third-order valence-corrected chi connectivity index (χ3v) is 3.80. The van der Waals surface area contributed by atoms with Gasteiger partial charge in [-0.25, -0.2) is 0 Å². The lowest BCUT2D eigenvalue weighted by molar-refractivity contribution is -0.145. The molecule has 2 unspecified atom stereocenters. The maximum absolute atomic E-state index is 12.1. The normalized spacial score (nSPS) is 26.6. The first-order valence-corrected chi connectivity index (χ1v) is 6.32. The summed E-state index contributed by atoms with van der Waals surface area (Å²) in [5.41, 5.74) is 0. The van der Waals surface area contributed by atoms with E-state index in [1.807, 2.05) is 4.90 Å². The zero-order chi connectivity index (χ0) is 12.4. The Bertz CT molecular complexity index is 319. The Balaban J connectivity index is 1.89. The van der Waals surface area contributed by atoms with Crippen LogP contribution in [0.25, 0.3) is 0 Å². The van der Waals surface area contributed by atoms with Gasteiger partial charge in [0.15, 0.2) is 0 Å². The third-order valence-electron chi connectivity index (χ3n) is 3.80. The number of hydrogen-bond donors (Lipinski definition) is 1. The fourth-order valence-electron chi connectivity index (χ4n) is 2.85. The van der Waals surface area contributed by atoms with E-state index in [4.69, 9.17) is 5.11 Å². The second kappa shape index (κ2) is 5.04. The highest BCUT2D eigenvalue weighted by atomic mass is 16.4. The van der Waals surface area contributed by atoms with Crippen LogP contribution >= 0.6 is 0 Å². The molecule has 0 aliphatic carbocycles. The average molecular weight is 240 g/mol. The van der Waals surface area contributed by atoms with E-state index in [0.29, 0.717) is 6.04 Å². The zero-order valence-electron chi connectivity index (χ0n) is 10.3. The molecule has 5 heteroatoms. The highest BCUT2D eigenvalue weighted by molar-refractivity contribution is 5.83. The number of hydrogen-bond acceptors (Lipinski definition) is 3. The van der Waals surface area contributed by atoms with Gasteiger partial charge in [0.1, 0.15) is 0 Å². The molecule has 0 radical (unpaired) electrons. The van der Waals surface area contributed by atoms with Crippen molar-refractivity contribution < 1.29 is 14.7 Å². The van der Waals surface area contributed by atoms with Gasteiger partial charge in [0.05, 0.1) is 6.42 Å². The molecule has 0 aromatic carbocycles. The van der Waals surface area contributed by atoms with Crippen molar-refractivity contribution in [2.24, 2.45) is 5.92 Å². The smallest absolute Gasteiger partial charge is 0.304 e. The zero-order valence-corrected chi connectivity index (χ0v) is 10.3. The molecular weight excluding hydrogens is 220 g/mol. The molecule has 2 atom stereocenters. The molecule has 2 aliphatic rings. The fraction of sp³-hybridized carbons (Fsp3) is 0.833. The molecule has 2 rings (SSSR count). The van der Waals surface area contributed by atoms with Crippen LogP contribution in [0.2, 0.25) is 0 Å². The monoisotopic (exact) mass is 240 g/mol. The van der Waals surface area contributed by atoms with E-state index >= 15 is 0 Å². The van der Waals surface area contributed by atoms with Crippen LogP contribution in [0.5, 0.6) is 0 Å². The van der Waals surface area contributed by atoms with Gasteiger partial charge in [-0.15, -0.1) is 0 Å². The lowest BCUT2D eigenvalue weighted by Crippen LogP contribution is -2.53. The first-order valence-electron chi connectivity index (χ1n) is 6.32. The largest absolute Gasteiger partial charge is 0.481 e. The van der Waals surface area contributed by atoms with Crippen molar-refractivity contribution in [3.05, 3.63) is 0 Å². The summed E-state index contributed by atoms with van der Waals surface area (Å²) in [6, 6.07) is 0.504. The quantitative estimate of drug-likeness (QED) is 0.776. The summed E-state index contributed by atoms with van der Waals surface area (Å²) in [5.74, 6) is -1.30. The SMILES string of the molecule is CC(CC(=O)O)C(=O)N1CCN2CCCC2C1. The Morgan fingerprint density at radius 3 is 2.82 bits per heavy atom. The number of carbonyl (C=O) groups is 2. The number of amides is 1. The number of fused-ring (bicyclic) bond motifs is 1. The standard InChI is InChI=1S/C12H20N2O3/c1-9(7-11(15)16)12(17)14-6-5-13-4-2-3-10(13)8-14/h9-10H,2-8H2,1H3,(H,15,16). The minimum Gasteiger partial charge on any atom is -0.481 e.